The number of aliphatic hydroxyl groups excluding tert-OH is 1. The number of rotatable bonds is 5. The van der Waals surface area contributed by atoms with Gasteiger partial charge < -0.3 is 15.3 Å². The monoisotopic (exact) mass is 489 g/mol. The summed E-state index contributed by atoms with van der Waals surface area (Å²) in [7, 11) is 0. The van der Waals surface area contributed by atoms with E-state index in [1.165, 1.54) is 30.6 Å². The minimum atomic E-state index is -0.145. The van der Waals surface area contributed by atoms with E-state index in [-0.39, 0.29) is 34.8 Å². The molecule has 0 atom stereocenters. The Kier molecular flexibility index (Phi) is 9.03. The first-order valence-electron chi connectivity index (χ1n) is 9.66. The maximum Gasteiger partial charge on any atom is 0.193 e. The molecule has 1 aromatic carbocycles. The fourth-order valence-corrected chi connectivity index (χ4v) is 5.19. The van der Waals surface area contributed by atoms with E-state index < -0.39 is 0 Å². The lowest BCUT2D eigenvalue weighted by Crippen LogP contribution is -2.47. The van der Waals surface area contributed by atoms with E-state index in [0.717, 1.165) is 45.0 Å². The zero-order valence-electron chi connectivity index (χ0n) is 15.7. The molecule has 0 radical (unpaired) electrons. The molecule has 3 rings (SSSR count). The fraction of sp³-hybridized carbons (Fsp3) is 0.650. The van der Waals surface area contributed by atoms with Crippen LogP contribution in [0, 0.1) is 0 Å². The van der Waals surface area contributed by atoms with Crippen LogP contribution in [0.4, 0.5) is 0 Å². The molecule has 0 unspecified atom stereocenters. The van der Waals surface area contributed by atoms with Crippen molar-refractivity contribution in [1.29, 1.82) is 0 Å². The Morgan fingerprint density at radius 3 is 2.50 bits per heavy atom. The molecule has 2 N–H and O–H groups in total. The van der Waals surface area contributed by atoms with E-state index in [1.807, 2.05) is 11.8 Å². The fourth-order valence-electron chi connectivity index (χ4n) is 3.77. The Labute approximate surface area is 179 Å². The highest BCUT2D eigenvalue weighted by molar-refractivity contribution is 14.0. The second-order valence-corrected chi connectivity index (χ2v) is 8.74. The molecule has 0 bridgehead atoms. The lowest BCUT2D eigenvalue weighted by Gasteiger charge is -2.33. The zero-order valence-corrected chi connectivity index (χ0v) is 18.8. The standard InChI is InChI=1S/C20H31N3OS.HI/c1-2-21-19(23-14-10-17(24)11-15-23)22-16-20(12-6-7-13-20)25-18-8-4-3-5-9-18;/h3-5,8-9,17,24H,2,6-7,10-16H2,1H3,(H,21,22);1H. The third-order valence-corrected chi connectivity index (χ3v) is 6.69. The van der Waals surface area contributed by atoms with Gasteiger partial charge in [-0.25, -0.2) is 0 Å². The van der Waals surface area contributed by atoms with Gasteiger partial charge in [-0.1, -0.05) is 31.0 Å². The SMILES string of the molecule is CCNC(=NCC1(Sc2ccccc2)CCCC1)N1CCC(O)CC1.I. The van der Waals surface area contributed by atoms with Gasteiger partial charge in [0, 0.05) is 29.3 Å². The van der Waals surface area contributed by atoms with Crippen molar-refractivity contribution in [1.82, 2.24) is 10.2 Å². The van der Waals surface area contributed by atoms with Gasteiger partial charge in [-0.15, -0.1) is 35.7 Å². The van der Waals surface area contributed by atoms with Crippen molar-refractivity contribution < 1.29 is 5.11 Å². The van der Waals surface area contributed by atoms with Gasteiger partial charge in [0.1, 0.15) is 0 Å². The normalized spacial score (nSPS) is 20.7. The minimum Gasteiger partial charge on any atom is -0.393 e. The molecule has 6 heteroatoms. The lowest BCUT2D eigenvalue weighted by atomic mass is 10.1. The van der Waals surface area contributed by atoms with Gasteiger partial charge in [-0.2, -0.15) is 0 Å². The van der Waals surface area contributed by atoms with Crippen LogP contribution in [0.5, 0.6) is 0 Å². The van der Waals surface area contributed by atoms with E-state index >= 15 is 0 Å². The Balaban J connectivity index is 0.00000243. The highest BCUT2D eigenvalue weighted by Gasteiger charge is 2.35. The van der Waals surface area contributed by atoms with Crippen LogP contribution in [0.2, 0.25) is 0 Å². The first-order valence-corrected chi connectivity index (χ1v) is 10.5. The first kappa shape index (κ1) is 21.8. The molecule has 2 fully saturated rings. The number of likely N-dealkylation sites (tertiary alicyclic amines) is 1. The smallest absolute Gasteiger partial charge is 0.193 e. The Morgan fingerprint density at radius 2 is 1.88 bits per heavy atom. The molecular weight excluding hydrogens is 457 g/mol. The quantitative estimate of drug-likeness (QED) is 0.371. The van der Waals surface area contributed by atoms with Crippen LogP contribution in [0.15, 0.2) is 40.2 Å². The van der Waals surface area contributed by atoms with Gasteiger partial charge >= 0.3 is 0 Å². The summed E-state index contributed by atoms with van der Waals surface area (Å²) in [6.07, 6.45) is 6.64. The van der Waals surface area contributed by atoms with Crippen LogP contribution in [-0.4, -0.2) is 53.0 Å². The van der Waals surface area contributed by atoms with Crippen LogP contribution in [0.25, 0.3) is 0 Å². The summed E-state index contributed by atoms with van der Waals surface area (Å²) in [5, 5.41) is 13.2. The van der Waals surface area contributed by atoms with Crippen LogP contribution in [-0.2, 0) is 0 Å². The predicted molar refractivity (Wildman–Crippen MR) is 122 cm³/mol. The van der Waals surface area contributed by atoms with E-state index in [4.69, 9.17) is 4.99 Å². The number of nitrogens with zero attached hydrogens (tertiary/aromatic N) is 2. The summed E-state index contributed by atoms with van der Waals surface area (Å²) in [6, 6.07) is 10.8. The molecule has 146 valence electrons. The van der Waals surface area contributed by atoms with E-state index in [1.54, 1.807) is 0 Å². The Hall–Kier alpha value is -0.470. The number of guanidine groups is 1. The largest absolute Gasteiger partial charge is 0.393 e. The van der Waals surface area contributed by atoms with Crippen molar-refractivity contribution in [3.8, 4) is 0 Å². The van der Waals surface area contributed by atoms with Crippen molar-refractivity contribution in [2.75, 3.05) is 26.2 Å². The third-order valence-electron chi connectivity index (χ3n) is 5.21. The number of hydrogen-bond donors (Lipinski definition) is 2. The van der Waals surface area contributed by atoms with Crippen molar-refractivity contribution in [3.05, 3.63) is 30.3 Å². The molecule has 1 saturated heterocycles. The third kappa shape index (κ3) is 6.02. The number of thioether (sulfide) groups is 1. The number of aliphatic hydroxyl groups is 1. The van der Waals surface area contributed by atoms with Gasteiger partial charge in [-0.05, 0) is 44.7 Å². The molecule has 1 aromatic rings. The van der Waals surface area contributed by atoms with Crippen LogP contribution in [0.3, 0.4) is 0 Å². The number of nitrogens with one attached hydrogen (secondary N) is 1. The van der Waals surface area contributed by atoms with Gasteiger partial charge in [0.15, 0.2) is 5.96 Å². The zero-order chi connectivity index (χ0) is 17.5. The number of hydrogen-bond acceptors (Lipinski definition) is 3. The molecular formula is C20H32IN3OS. The van der Waals surface area contributed by atoms with Crippen LogP contribution in [0.1, 0.15) is 45.4 Å². The molecule has 0 amide bonds. The van der Waals surface area contributed by atoms with Gasteiger partial charge in [0.05, 0.1) is 12.6 Å². The van der Waals surface area contributed by atoms with Gasteiger partial charge in [-0.3, -0.25) is 4.99 Å². The lowest BCUT2D eigenvalue weighted by molar-refractivity contribution is 0.108. The number of benzene rings is 1. The predicted octanol–water partition coefficient (Wildman–Crippen LogP) is 4.13. The molecule has 1 saturated carbocycles. The average molecular weight is 489 g/mol. The topological polar surface area (TPSA) is 47.9 Å². The summed E-state index contributed by atoms with van der Waals surface area (Å²) in [5.41, 5.74) is 0. The molecule has 0 spiro atoms. The van der Waals surface area contributed by atoms with E-state index in [2.05, 4.69) is 47.5 Å². The summed E-state index contributed by atoms with van der Waals surface area (Å²) in [5.74, 6) is 1.02. The summed E-state index contributed by atoms with van der Waals surface area (Å²) in [4.78, 5) is 8.71. The van der Waals surface area contributed by atoms with Gasteiger partial charge in [0.2, 0.25) is 0 Å². The molecule has 26 heavy (non-hydrogen) atoms. The highest BCUT2D eigenvalue weighted by Crippen LogP contribution is 2.45. The average Bonchev–Trinajstić information content (AvgIpc) is 3.09. The number of piperidine rings is 1. The Morgan fingerprint density at radius 1 is 1.23 bits per heavy atom. The van der Waals surface area contributed by atoms with Crippen LogP contribution >= 0.6 is 35.7 Å². The molecule has 2 aliphatic rings. The maximum absolute atomic E-state index is 9.76. The molecule has 4 nitrogen and oxygen atoms in total. The van der Waals surface area contributed by atoms with Gasteiger partial charge in [0.25, 0.3) is 0 Å². The maximum atomic E-state index is 9.76. The Bertz CT molecular complexity index is 555. The number of halogens is 1. The first-order chi connectivity index (χ1) is 12.2. The minimum absolute atomic E-state index is 0. The summed E-state index contributed by atoms with van der Waals surface area (Å²) >= 11 is 2.01. The molecule has 1 heterocycles. The molecule has 1 aliphatic carbocycles. The van der Waals surface area contributed by atoms with Crippen molar-refractivity contribution in [2.45, 2.75) is 61.2 Å². The van der Waals surface area contributed by atoms with E-state index in [0.29, 0.717) is 0 Å². The van der Waals surface area contributed by atoms with E-state index in [9.17, 15) is 5.11 Å². The molecule has 1 aliphatic heterocycles. The molecule has 0 aromatic heterocycles. The highest BCUT2D eigenvalue weighted by atomic mass is 127. The number of aliphatic imine (C=N–C) groups is 1. The second-order valence-electron chi connectivity index (χ2n) is 7.19. The van der Waals surface area contributed by atoms with Crippen molar-refractivity contribution in [3.63, 3.8) is 0 Å². The summed E-state index contributed by atoms with van der Waals surface area (Å²) in [6.45, 7) is 5.67. The summed E-state index contributed by atoms with van der Waals surface area (Å²) < 4.78 is 0.233. The van der Waals surface area contributed by atoms with Crippen molar-refractivity contribution >= 4 is 41.7 Å². The van der Waals surface area contributed by atoms with Crippen molar-refractivity contribution in [2.24, 2.45) is 4.99 Å². The van der Waals surface area contributed by atoms with Crippen LogP contribution < -0.4 is 5.32 Å². The second kappa shape index (κ2) is 10.8.